The second-order valence-electron chi connectivity index (χ2n) is 6.13. The lowest BCUT2D eigenvalue weighted by molar-refractivity contribution is 0.0845. The molecule has 2 aromatic rings. The zero-order valence-corrected chi connectivity index (χ0v) is 14.8. The minimum absolute atomic E-state index is 0.120. The molecule has 1 aromatic carbocycles. The summed E-state index contributed by atoms with van der Waals surface area (Å²) in [5.41, 5.74) is 0.962. The van der Waals surface area contributed by atoms with Gasteiger partial charge in [0.1, 0.15) is 5.82 Å². The third kappa shape index (κ3) is 3.94. The topological polar surface area (TPSA) is 45.4 Å². The maximum absolute atomic E-state index is 13.1. The number of piperazine rings is 1. The van der Waals surface area contributed by atoms with E-state index in [0.29, 0.717) is 10.9 Å². The molecule has 0 bridgehead atoms. The van der Waals surface area contributed by atoms with E-state index in [1.165, 1.54) is 12.1 Å². The van der Waals surface area contributed by atoms with Crippen molar-refractivity contribution < 1.29 is 8.91 Å². The molecular weight excluding hydrogens is 331 g/mol. The maximum Gasteiger partial charge on any atom is 0.243 e. The van der Waals surface area contributed by atoms with E-state index >= 15 is 0 Å². The minimum atomic E-state index is -0.298. The predicted octanol–water partition coefficient (Wildman–Crippen LogP) is 3.30. The van der Waals surface area contributed by atoms with Crippen LogP contribution in [-0.4, -0.2) is 46.1 Å². The Hall–Kier alpha value is -1.50. The van der Waals surface area contributed by atoms with Crippen LogP contribution >= 0.6 is 11.6 Å². The number of halogens is 2. The van der Waals surface area contributed by atoms with Crippen molar-refractivity contribution in [3.63, 3.8) is 0 Å². The number of benzene rings is 1. The molecule has 1 unspecified atom stereocenters. The number of hydrogen-bond donors (Lipinski definition) is 0. The van der Waals surface area contributed by atoms with Gasteiger partial charge in [-0.25, -0.2) is 4.39 Å². The summed E-state index contributed by atoms with van der Waals surface area (Å²) in [6.45, 7) is 8.53. The SMILES string of the molecule is CCc1noc(C(C)N2CCN(Cc3ccc(F)cc3Cl)CC2)n1. The summed E-state index contributed by atoms with van der Waals surface area (Å²) in [5, 5.41) is 4.46. The first kappa shape index (κ1) is 17.3. The maximum atomic E-state index is 13.1. The monoisotopic (exact) mass is 352 g/mol. The quantitative estimate of drug-likeness (QED) is 0.826. The molecule has 5 nitrogen and oxygen atoms in total. The molecule has 0 amide bonds. The van der Waals surface area contributed by atoms with Gasteiger partial charge in [-0.3, -0.25) is 9.80 Å². The summed E-state index contributed by atoms with van der Waals surface area (Å²) in [6.07, 6.45) is 0.780. The third-order valence-corrected chi connectivity index (χ3v) is 4.87. The summed E-state index contributed by atoms with van der Waals surface area (Å²) in [4.78, 5) is 9.09. The molecule has 1 atom stereocenters. The molecule has 0 aliphatic carbocycles. The van der Waals surface area contributed by atoms with Crippen molar-refractivity contribution in [2.45, 2.75) is 32.9 Å². The molecule has 1 fully saturated rings. The molecule has 1 aliphatic heterocycles. The van der Waals surface area contributed by atoms with Crippen molar-refractivity contribution in [1.82, 2.24) is 19.9 Å². The van der Waals surface area contributed by atoms with Crippen LogP contribution in [0.3, 0.4) is 0 Å². The van der Waals surface area contributed by atoms with Crippen LogP contribution in [0.2, 0.25) is 5.02 Å². The van der Waals surface area contributed by atoms with Gasteiger partial charge >= 0.3 is 0 Å². The zero-order chi connectivity index (χ0) is 17.1. The Morgan fingerprint density at radius 1 is 1.29 bits per heavy atom. The number of hydrogen-bond acceptors (Lipinski definition) is 5. The van der Waals surface area contributed by atoms with Crippen molar-refractivity contribution in [3.8, 4) is 0 Å². The van der Waals surface area contributed by atoms with Crippen molar-refractivity contribution >= 4 is 11.6 Å². The average molecular weight is 353 g/mol. The van der Waals surface area contributed by atoms with Crippen molar-refractivity contribution in [1.29, 1.82) is 0 Å². The molecule has 24 heavy (non-hydrogen) atoms. The van der Waals surface area contributed by atoms with Gasteiger partial charge in [0, 0.05) is 44.2 Å². The predicted molar refractivity (Wildman–Crippen MR) is 90.4 cm³/mol. The fourth-order valence-electron chi connectivity index (χ4n) is 2.94. The van der Waals surface area contributed by atoms with E-state index in [4.69, 9.17) is 16.1 Å². The highest BCUT2D eigenvalue weighted by Crippen LogP contribution is 2.23. The number of aryl methyl sites for hydroxylation is 1. The first-order valence-electron chi connectivity index (χ1n) is 8.29. The van der Waals surface area contributed by atoms with Crippen LogP contribution in [0, 0.1) is 5.82 Å². The van der Waals surface area contributed by atoms with Gasteiger partial charge in [-0.1, -0.05) is 29.7 Å². The lowest BCUT2D eigenvalue weighted by Gasteiger charge is -2.36. The lowest BCUT2D eigenvalue weighted by Crippen LogP contribution is -2.46. The van der Waals surface area contributed by atoms with Crippen LogP contribution in [0.25, 0.3) is 0 Å². The molecule has 1 saturated heterocycles. The van der Waals surface area contributed by atoms with E-state index in [2.05, 4.69) is 26.9 Å². The Balaban J connectivity index is 1.55. The number of aromatic nitrogens is 2. The van der Waals surface area contributed by atoms with Gasteiger partial charge in [0.05, 0.1) is 6.04 Å². The van der Waals surface area contributed by atoms with E-state index < -0.39 is 0 Å². The van der Waals surface area contributed by atoms with Gasteiger partial charge < -0.3 is 4.52 Å². The normalized spacial score (nSPS) is 18.0. The summed E-state index contributed by atoms with van der Waals surface area (Å²) >= 11 is 6.12. The second kappa shape index (κ2) is 7.59. The molecule has 3 rings (SSSR count). The number of nitrogens with zero attached hydrogens (tertiary/aromatic N) is 4. The Labute approximate surface area is 146 Å². The Kier molecular flexibility index (Phi) is 5.48. The fourth-order valence-corrected chi connectivity index (χ4v) is 3.16. The van der Waals surface area contributed by atoms with Crippen molar-refractivity contribution in [2.75, 3.05) is 26.2 Å². The molecule has 0 saturated carbocycles. The van der Waals surface area contributed by atoms with Gasteiger partial charge in [-0.15, -0.1) is 0 Å². The van der Waals surface area contributed by atoms with E-state index in [9.17, 15) is 4.39 Å². The highest BCUT2D eigenvalue weighted by Gasteiger charge is 2.25. The van der Waals surface area contributed by atoms with Gasteiger partial charge in [-0.05, 0) is 24.6 Å². The van der Waals surface area contributed by atoms with Gasteiger partial charge in [0.2, 0.25) is 5.89 Å². The Morgan fingerprint density at radius 2 is 2.04 bits per heavy atom. The third-order valence-electron chi connectivity index (χ3n) is 4.52. The van der Waals surface area contributed by atoms with Crippen LogP contribution in [0.15, 0.2) is 22.7 Å². The van der Waals surface area contributed by atoms with E-state index in [1.807, 2.05) is 6.92 Å². The van der Waals surface area contributed by atoms with E-state index in [1.54, 1.807) is 6.07 Å². The second-order valence-corrected chi connectivity index (χ2v) is 6.53. The van der Waals surface area contributed by atoms with Crippen molar-refractivity contribution in [2.24, 2.45) is 0 Å². The molecule has 130 valence electrons. The molecule has 0 N–H and O–H groups in total. The largest absolute Gasteiger partial charge is 0.338 e. The summed E-state index contributed by atoms with van der Waals surface area (Å²) in [7, 11) is 0. The number of rotatable bonds is 5. The lowest BCUT2D eigenvalue weighted by atomic mass is 10.1. The van der Waals surface area contributed by atoms with Crippen molar-refractivity contribution in [3.05, 3.63) is 46.3 Å². The standard InChI is InChI=1S/C17H22ClFN4O/c1-3-16-20-17(24-21-16)12(2)23-8-6-22(7-9-23)11-13-4-5-14(19)10-15(13)18/h4-5,10,12H,3,6-9,11H2,1-2H3. The summed E-state index contributed by atoms with van der Waals surface area (Å²) in [6, 6.07) is 4.71. The molecule has 0 spiro atoms. The summed E-state index contributed by atoms with van der Waals surface area (Å²) in [5.74, 6) is 1.14. The molecule has 0 radical (unpaired) electrons. The highest BCUT2D eigenvalue weighted by molar-refractivity contribution is 6.31. The Bertz CT molecular complexity index is 685. The highest BCUT2D eigenvalue weighted by atomic mass is 35.5. The van der Waals surface area contributed by atoms with Crippen LogP contribution in [0.1, 0.15) is 37.2 Å². The van der Waals surface area contributed by atoms with Gasteiger partial charge in [0.25, 0.3) is 0 Å². The average Bonchev–Trinajstić information content (AvgIpc) is 3.06. The van der Waals surface area contributed by atoms with Gasteiger partial charge in [0.15, 0.2) is 5.82 Å². The first-order chi connectivity index (χ1) is 11.6. The molecule has 2 heterocycles. The molecule has 1 aromatic heterocycles. The van der Waals surface area contributed by atoms with E-state index in [0.717, 1.165) is 50.5 Å². The molecule has 1 aliphatic rings. The van der Waals surface area contributed by atoms with Gasteiger partial charge in [-0.2, -0.15) is 4.98 Å². The fraction of sp³-hybridized carbons (Fsp3) is 0.529. The van der Waals surface area contributed by atoms with Crippen LogP contribution in [0.4, 0.5) is 4.39 Å². The minimum Gasteiger partial charge on any atom is -0.338 e. The van der Waals surface area contributed by atoms with Crippen LogP contribution < -0.4 is 0 Å². The summed E-state index contributed by atoms with van der Waals surface area (Å²) < 4.78 is 18.5. The van der Waals surface area contributed by atoms with Crippen LogP contribution in [-0.2, 0) is 13.0 Å². The van der Waals surface area contributed by atoms with E-state index in [-0.39, 0.29) is 11.9 Å². The Morgan fingerprint density at radius 3 is 2.67 bits per heavy atom. The zero-order valence-electron chi connectivity index (χ0n) is 14.0. The smallest absolute Gasteiger partial charge is 0.243 e. The van der Waals surface area contributed by atoms with Crippen LogP contribution in [0.5, 0.6) is 0 Å². The molecule has 7 heteroatoms. The first-order valence-corrected chi connectivity index (χ1v) is 8.67. The molecular formula is C17H22ClFN4O.